The van der Waals surface area contributed by atoms with E-state index in [0.29, 0.717) is 10.9 Å². The quantitative estimate of drug-likeness (QED) is 0.331. The number of nitro groups is 1. The van der Waals surface area contributed by atoms with Gasteiger partial charge in [-0.1, -0.05) is 22.0 Å². The van der Waals surface area contributed by atoms with Crippen LogP contribution in [0.4, 0.5) is 18.9 Å². The molecule has 0 fully saturated rings. The number of alkyl halides is 4. The van der Waals surface area contributed by atoms with E-state index in [1.807, 2.05) is 0 Å². The maximum Gasteiger partial charge on any atom is 0.441 e. The molecule has 0 aliphatic rings. The Balaban J connectivity index is 2.65. The molecule has 0 saturated heterocycles. The number of hydrogen-bond donors (Lipinski definition) is 0. The van der Waals surface area contributed by atoms with Crippen LogP contribution in [0.25, 0.3) is 0 Å². The van der Waals surface area contributed by atoms with Gasteiger partial charge in [0.05, 0.1) is 11.5 Å². The molecule has 9 heteroatoms. The Morgan fingerprint density at radius 2 is 2.11 bits per heavy atom. The van der Waals surface area contributed by atoms with Crippen LogP contribution in [-0.2, 0) is 5.33 Å². The molecule has 0 unspecified atom stereocenters. The van der Waals surface area contributed by atoms with Gasteiger partial charge in [-0.15, -0.1) is 0 Å². The smallest absolute Gasteiger partial charge is 0.441 e. The highest BCUT2D eigenvalue weighted by Crippen LogP contribution is 2.31. The second kappa shape index (κ2) is 6.99. The van der Waals surface area contributed by atoms with E-state index >= 15 is 0 Å². The van der Waals surface area contributed by atoms with E-state index in [2.05, 4.69) is 15.9 Å². The third kappa shape index (κ3) is 5.68. The fourth-order valence-corrected chi connectivity index (χ4v) is 1.97. The van der Waals surface area contributed by atoms with Crippen LogP contribution in [0, 0.1) is 10.1 Å². The van der Waals surface area contributed by atoms with Crippen molar-refractivity contribution in [3.05, 3.63) is 33.9 Å². The first-order chi connectivity index (χ1) is 8.83. The van der Waals surface area contributed by atoms with Gasteiger partial charge in [-0.2, -0.15) is 13.2 Å². The summed E-state index contributed by atoms with van der Waals surface area (Å²) >= 11 is 2.93. The molecule has 0 aliphatic carbocycles. The first-order valence-corrected chi connectivity index (χ1v) is 7.11. The summed E-state index contributed by atoms with van der Waals surface area (Å²) in [5.74, 6) is -0.349. The molecule has 0 aromatic heterocycles. The lowest BCUT2D eigenvalue weighted by Gasteiger charge is -2.08. The van der Waals surface area contributed by atoms with Gasteiger partial charge in [0.25, 0.3) is 0 Å². The minimum atomic E-state index is -4.32. The Hall–Kier alpha value is -0.960. The van der Waals surface area contributed by atoms with Crippen LogP contribution in [0.5, 0.6) is 5.75 Å². The molecule has 1 aromatic rings. The van der Waals surface area contributed by atoms with Gasteiger partial charge in [-0.05, 0) is 23.4 Å². The summed E-state index contributed by atoms with van der Waals surface area (Å²) < 4.78 is 40.7. The van der Waals surface area contributed by atoms with Crippen LogP contribution in [0.15, 0.2) is 18.2 Å². The number of ether oxygens (including phenoxy) is 1. The van der Waals surface area contributed by atoms with E-state index in [4.69, 9.17) is 4.74 Å². The molecular formula is C10H9BrF3NO3S. The molecule has 1 aromatic carbocycles. The summed E-state index contributed by atoms with van der Waals surface area (Å²) in [7, 11) is 0. The molecule has 0 amide bonds. The number of rotatable bonds is 6. The number of thioether (sulfide) groups is 1. The predicted molar refractivity (Wildman–Crippen MR) is 69.7 cm³/mol. The molecule has 0 atom stereocenters. The largest absolute Gasteiger partial charge is 0.486 e. The molecule has 0 spiro atoms. The summed E-state index contributed by atoms with van der Waals surface area (Å²) in [6, 6.07) is 4.31. The van der Waals surface area contributed by atoms with Gasteiger partial charge in [-0.3, -0.25) is 10.1 Å². The molecule has 106 valence electrons. The zero-order valence-corrected chi connectivity index (χ0v) is 11.8. The van der Waals surface area contributed by atoms with Crippen LogP contribution < -0.4 is 4.74 Å². The average Bonchev–Trinajstić information content (AvgIpc) is 2.33. The zero-order valence-electron chi connectivity index (χ0n) is 9.45. The van der Waals surface area contributed by atoms with Gasteiger partial charge in [0.1, 0.15) is 0 Å². The van der Waals surface area contributed by atoms with Gasteiger partial charge < -0.3 is 4.74 Å². The summed E-state index contributed by atoms with van der Waals surface area (Å²) in [6.07, 6.45) is 0. The monoisotopic (exact) mass is 359 g/mol. The second-order valence-electron chi connectivity index (χ2n) is 3.34. The lowest BCUT2D eigenvalue weighted by atomic mass is 10.2. The van der Waals surface area contributed by atoms with E-state index < -0.39 is 10.4 Å². The highest BCUT2D eigenvalue weighted by atomic mass is 79.9. The second-order valence-corrected chi connectivity index (χ2v) is 5.06. The number of hydrogen-bond acceptors (Lipinski definition) is 4. The van der Waals surface area contributed by atoms with Crippen molar-refractivity contribution in [3.63, 3.8) is 0 Å². The maximum absolute atomic E-state index is 11.9. The van der Waals surface area contributed by atoms with E-state index in [-0.39, 0.29) is 35.6 Å². The minimum Gasteiger partial charge on any atom is -0.486 e. The number of nitro benzene ring substituents is 1. The van der Waals surface area contributed by atoms with Crippen molar-refractivity contribution in [2.75, 3.05) is 12.4 Å². The van der Waals surface area contributed by atoms with Gasteiger partial charge in [-0.25, -0.2) is 0 Å². The molecule has 0 radical (unpaired) electrons. The van der Waals surface area contributed by atoms with Crippen molar-refractivity contribution in [3.8, 4) is 5.75 Å². The molecule has 0 aliphatic heterocycles. The van der Waals surface area contributed by atoms with Crippen LogP contribution >= 0.6 is 27.7 Å². The fourth-order valence-electron chi connectivity index (χ4n) is 1.22. The van der Waals surface area contributed by atoms with Crippen molar-refractivity contribution < 1.29 is 22.8 Å². The van der Waals surface area contributed by atoms with Gasteiger partial charge in [0.2, 0.25) is 0 Å². The van der Waals surface area contributed by atoms with Crippen molar-refractivity contribution >= 4 is 33.4 Å². The molecule has 0 N–H and O–H groups in total. The lowest BCUT2D eigenvalue weighted by Crippen LogP contribution is -2.08. The summed E-state index contributed by atoms with van der Waals surface area (Å²) in [4.78, 5) is 10.2. The van der Waals surface area contributed by atoms with Crippen LogP contribution in [0.1, 0.15) is 5.56 Å². The highest BCUT2D eigenvalue weighted by Gasteiger charge is 2.27. The van der Waals surface area contributed by atoms with Gasteiger partial charge in [0, 0.05) is 17.1 Å². The molecule has 0 heterocycles. The third-order valence-electron chi connectivity index (χ3n) is 1.98. The Labute approximate surface area is 119 Å². The first kappa shape index (κ1) is 16.1. The molecule has 4 nitrogen and oxygen atoms in total. The standard InChI is InChI=1S/C10H9BrF3NO3S/c11-6-7-1-2-9(8(5-7)15(16)17)18-3-4-19-10(12,13)14/h1-2,5H,3-4,6H2. The molecule has 0 saturated carbocycles. The fraction of sp³-hybridized carbons (Fsp3) is 0.400. The van der Waals surface area contributed by atoms with Crippen LogP contribution in [-0.4, -0.2) is 22.8 Å². The van der Waals surface area contributed by atoms with Crippen molar-refractivity contribution in [1.29, 1.82) is 0 Å². The SMILES string of the molecule is O=[N+]([O-])c1cc(CBr)ccc1OCCSC(F)(F)F. The Bertz CT molecular complexity index is 456. The Morgan fingerprint density at radius 1 is 1.42 bits per heavy atom. The van der Waals surface area contributed by atoms with Gasteiger partial charge >= 0.3 is 11.2 Å². The molecule has 1 rings (SSSR count). The Kier molecular flexibility index (Phi) is 5.92. The van der Waals surface area contributed by atoms with Crippen LogP contribution in [0.3, 0.4) is 0 Å². The summed E-state index contributed by atoms with van der Waals surface area (Å²) in [5, 5.41) is 11.2. The highest BCUT2D eigenvalue weighted by molar-refractivity contribution is 9.08. The number of halogens is 4. The predicted octanol–water partition coefficient (Wildman–Crippen LogP) is 4.12. The average molecular weight is 360 g/mol. The van der Waals surface area contributed by atoms with E-state index in [0.717, 1.165) is 0 Å². The third-order valence-corrected chi connectivity index (χ3v) is 3.33. The van der Waals surface area contributed by atoms with E-state index in [9.17, 15) is 23.3 Å². The maximum atomic E-state index is 11.9. The Morgan fingerprint density at radius 3 is 2.63 bits per heavy atom. The first-order valence-electron chi connectivity index (χ1n) is 5.00. The number of nitrogens with zero attached hydrogens (tertiary/aromatic N) is 1. The topological polar surface area (TPSA) is 52.4 Å². The van der Waals surface area contributed by atoms with Crippen molar-refractivity contribution in [1.82, 2.24) is 0 Å². The summed E-state index contributed by atoms with van der Waals surface area (Å²) in [6.45, 7) is -0.251. The molecule has 19 heavy (non-hydrogen) atoms. The normalized spacial score (nSPS) is 11.4. The van der Waals surface area contributed by atoms with Crippen LogP contribution in [0.2, 0.25) is 0 Å². The molecular weight excluding hydrogens is 351 g/mol. The number of benzene rings is 1. The van der Waals surface area contributed by atoms with E-state index in [1.165, 1.54) is 12.1 Å². The minimum absolute atomic E-state index is 0.0301. The summed E-state index contributed by atoms with van der Waals surface area (Å²) in [5.41, 5.74) is -3.90. The van der Waals surface area contributed by atoms with Gasteiger partial charge in [0.15, 0.2) is 5.75 Å². The zero-order chi connectivity index (χ0) is 14.5. The van der Waals surface area contributed by atoms with Crippen molar-refractivity contribution in [2.45, 2.75) is 10.8 Å². The van der Waals surface area contributed by atoms with E-state index in [1.54, 1.807) is 6.07 Å². The van der Waals surface area contributed by atoms with Crippen molar-refractivity contribution in [2.24, 2.45) is 0 Å². The lowest BCUT2D eigenvalue weighted by molar-refractivity contribution is -0.385. The molecule has 0 bridgehead atoms.